The van der Waals surface area contributed by atoms with E-state index >= 15 is 0 Å². The maximum absolute atomic E-state index is 12.7. The summed E-state index contributed by atoms with van der Waals surface area (Å²) < 4.78 is 65.9. The molecule has 0 aromatic carbocycles. The lowest BCUT2D eigenvalue weighted by molar-refractivity contribution is -0.290. The molecule has 1 N–H and O–H groups in total. The zero-order chi connectivity index (χ0) is 14.8. The van der Waals surface area contributed by atoms with Gasteiger partial charge in [0.15, 0.2) is 6.61 Å². The second-order valence-electron chi connectivity index (χ2n) is 3.79. The summed E-state index contributed by atoms with van der Waals surface area (Å²) in [6.07, 6.45) is -5.66. The van der Waals surface area contributed by atoms with Gasteiger partial charge in [-0.05, 0) is 13.8 Å². The van der Waals surface area contributed by atoms with Gasteiger partial charge in [-0.2, -0.15) is 26.9 Å². The Kier molecular flexibility index (Phi) is 4.16. The lowest BCUT2D eigenvalue weighted by Gasteiger charge is -2.20. The molecule has 0 atom stereocenters. The monoisotopic (exact) mass is 285 g/mol. The van der Waals surface area contributed by atoms with Crippen LogP contribution in [0.1, 0.15) is 11.4 Å². The molecule has 9 heteroatoms. The third kappa shape index (κ3) is 3.42. The van der Waals surface area contributed by atoms with Gasteiger partial charge in [0.25, 0.3) is 0 Å². The summed E-state index contributed by atoms with van der Waals surface area (Å²) in [7, 11) is 1.53. The van der Waals surface area contributed by atoms with E-state index in [0.29, 0.717) is 5.82 Å². The van der Waals surface area contributed by atoms with Crippen molar-refractivity contribution in [3.05, 3.63) is 11.4 Å². The minimum absolute atomic E-state index is 0.195. The Morgan fingerprint density at radius 3 is 2.16 bits per heavy atom. The molecule has 0 bridgehead atoms. The maximum atomic E-state index is 12.7. The minimum Gasteiger partial charge on any atom is -0.471 e. The summed E-state index contributed by atoms with van der Waals surface area (Å²) >= 11 is 0. The Hall–Kier alpha value is -1.67. The van der Waals surface area contributed by atoms with Gasteiger partial charge in [0, 0.05) is 7.05 Å². The van der Waals surface area contributed by atoms with E-state index in [0.717, 1.165) is 0 Å². The van der Waals surface area contributed by atoms with Crippen LogP contribution in [0.5, 0.6) is 5.88 Å². The number of anilines is 1. The minimum atomic E-state index is -5.66. The van der Waals surface area contributed by atoms with Crippen molar-refractivity contribution < 1.29 is 26.7 Å². The van der Waals surface area contributed by atoms with Crippen molar-refractivity contribution in [3.63, 3.8) is 0 Å². The van der Waals surface area contributed by atoms with Gasteiger partial charge in [-0.25, -0.2) is 4.98 Å². The molecule has 1 aromatic heterocycles. The first-order valence-corrected chi connectivity index (χ1v) is 5.19. The summed E-state index contributed by atoms with van der Waals surface area (Å²) in [4.78, 5) is 7.63. The summed E-state index contributed by atoms with van der Waals surface area (Å²) in [5.41, 5.74) is 0.256. The zero-order valence-electron chi connectivity index (χ0n) is 10.4. The molecule has 0 radical (unpaired) electrons. The van der Waals surface area contributed by atoms with Crippen LogP contribution in [0.3, 0.4) is 0 Å². The molecule has 19 heavy (non-hydrogen) atoms. The maximum Gasteiger partial charge on any atom is 0.456 e. The molecule has 0 spiro atoms. The van der Waals surface area contributed by atoms with Crippen LogP contribution in [-0.4, -0.2) is 35.7 Å². The van der Waals surface area contributed by atoms with E-state index in [1.165, 1.54) is 20.9 Å². The molecule has 0 amide bonds. The Morgan fingerprint density at radius 2 is 1.68 bits per heavy atom. The van der Waals surface area contributed by atoms with E-state index in [1.807, 2.05) is 0 Å². The third-order valence-corrected chi connectivity index (χ3v) is 2.25. The summed E-state index contributed by atoms with van der Waals surface area (Å²) in [6, 6.07) is 0. The zero-order valence-corrected chi connectivity index (χ0v) is 10.4. The molecular formula is C10H12F5N3O. The summed E-state index contributed by atoms with van der Waals surface area (Å²) in [5, 5.41) is 2.66. The largest absolute Gasteiger partial charge is 0.471 e. The molecule has 0 aliphatic heterocycles. The van der Waals surface area contributed by atoms with Crippen molar-refractivity contribution in [3.8, 4) is 5.88 Å². The quantitative estimate of drug-likeness (QED) is 0.864. The lowest BCUT2D eigenvalue weighted by Crippen LogP contribution is -2.42. The SMILES string of the molecule is CNc1nc(C)nc(OCC(F)(F)C(F)(F)F)c1C. The van der Waals surface area contributed by atoms with E-state index in [2.05, 4.69) is 20.0 Å². The van der Waals surface area contributed by atoms with Crippen LogP contribution in [-0.2, 0) is 0 Å². The predicted molar refractivity (Wildman–Crippen MR) is 57.5 cm³/mol. The number of nitrogens with zero attached hydrogens (tertiary/aromatic N) is 2. The van der Waals surface area contributed by atoms with Crippen LogP contribution in [0.15, 0.2) is 0 Å². The highest BCUT2D eigenvalue weighted by Gasteiger charge is 2.58. The van der Waals surface area contributed by atoms with Crippen molar-refractivity contribution in [1.29, 1.82) is 0 Å². The van der Waals surface area contributed by atoms with Crippen LogP contribution in [0.2, 0.25) is 0 Å². The van der Waals surface area contributed by atoms with Gasteiger partial charge < -0.3 is 10.1 Å². The molecule has 1 aromatic rings. The highest BCUT2D eigenvalue weighted by atomic mass is 19.4. The second kappa shape index (κ2) is 5.14. The highest BCUT2D eigenvalue weighted by molar-refractivity contribution is 5.47. The number of hydrogen-bond acceptors (Lipinski definition) is 4. The number of aromatic nitrogens is 2. The third-order valence-electron chi connectivity index (χ3n) is 2.25. The molecule has 0 aliphatic carbocycles. The van der Waals surface area contributed by atoms with E-state index in [-0.39, 0.29) is 17.3 Å². The fraction of sp³-hybridized carbons (Fsp3) is 0.600. The van der Waals surface area contributed by atoms with Gasteiger partial charge in [-0.15, -0.1) is 0 Å². The van der Waals surface area contributed by atoms with E-state index < -0.39 is 18.7 Å². The van der Waals surface area contributed by atoms with Crippen molar-refractivity contribution in [2.45, 2.75) is 25.9 Å². The first-order valence-electron chi connectivity index (χ1n) is 5.19. The molecule has 0 saturated heterocycles. The van der Waals surface area contributed by atoms with Gasteiger partial charge in [0.05, 0.1) is 5.56 Å². The van der Waals surface area contributed by atoms with Crippen molar-refractivity contribution in [2.75, 3.05) is 19.0 Å². The second-order valence-corrected chi connectivity index (χ2v) is 3.79. The smallest absolute Gasteiger partial charge is 0.456 e. The fourth-order valence-corrected chi connectivity index (χ4v) is 1.23. The van der Waals surface area contributed by atoms with Crippen LogP contribution < -0.4 is 10.1 Å². The van der Waals surface area contributed by atoms with Crippen molar-refractivity contribution >= 4 is 5.82 Å². The van der Waals surface area contributed by atoms with E-state index in [1.54, 1.807) is 0 Å². The van der Waals surface area contributed by atoms with Crippen LogP contribution in [0, 0.1) is 13.8 Å². The molecule has 1 heterocycles. The number of halogens is 5. The molecule has 0 unspecified atom stereocenters. The normalized spacial score (nSPS) is 12.4. The van der Waals surface area contributed by atoms with Gasteiger partial charge in [0.2, 0.25) is 5.88 Å². The van der Waals surface area contributed by atoms with Crippen LogP contribution >= 0.6 is 0 Å². The molecule has 108 valence electrons. The standard InChI is InChI=1S/C10H12F5N3O/c1-5-7(16-3)17-6(2)18-8(5)19-4-9(11,12)10(13,14)15/h4H2,1-3H3,(H,16,17,18). The molecular weight excluding hydrogens is 273 g/mol. The first-order chi connectivity index (χ1) is 8.58. The van der Waals surface area contributed by atoms with Crippen molar-refractivity contribution in [2.24, 2.45) is 0 Å². The van der Waals surface area contributed by atoms with Gasteiger partial charge in [-0.3, -0.25) is 0 Å². The molecule has 4 nitrogen and oxygen atoms in total. The van der Waals surface area contributed by atoms with Gasteiger partial charge >= 0.3 is 12.1 Å². The number of hydrogen-bond donors (Lipinski definition) is 1. The van der Waals surface area contributed by atoms with E-state index in [9.17, 15) is 22.0 Å². The number of ether oxygens (including phenoxy) is 1. The summed E-state index contributed by atoms with van der Waals surface area (Å²) in [5.74, 6) is -4.74. The molecule has 0 aliphatic rings. The van der Waals surface area contributed by atoms with E-state index in [4.69, 9.17) is 0 Å². The molecule has 0 saturated carbocycles. The average molecular weight is 285 g/mol. The number of nitrogens with one attached hydrogen (secondary N) is 1. The number of aryl methyl sites for hydroxylation is 1. The first kappa shape index (κ1) is 15.4. The lowest BCUT2D eigenvalue weighted by atomic mass is 10.3. The van der Waals surface area contributed by atoms with Crippen molar-refractivity contribution in [1.82, 2.24) is 9.97 Å². The Labute approximate surface area is 106 Å². The Morgan fingerprint density at radius 1 is 1.11 bits per heavy atom. The highest BCUT2D eigenvalue weighted by Crippen LogP contribution is 2.36. The number of rotatable bonds is 4. The Balaban J connectivity index is 2.93. The van der Waals surface area contributed by atoms with Crippen LogP contribution in [0.4, 0.5) is 27.8 Å². The van der Waals surface area contributed by atoms with Gasteiger partial charge in [0.1, 0.15) is 11.6 Å². The topological polar surface area (TPSA) is 47.0 Å². The predicted octanol–water partition coefficient (Wildman–Crippen LogP) is 2.71. The van der Waals surface area contributed by atoms with Crippen LogP contribution in [0.25, 0.3) is 0 Å². The average Bonchev–Trinajstić information content (AvgIpc) is 2.28. The molecule has 1 rings (SSSR count). The Bertz CT molecular complexity index is 461. The summed E-state index contributed by atoms with van der Waals surface area (Å²) in [6.45, 7) is 1.10. The fourth-order valence-electron chi connectivity index (χ4n) is 1.23. The van der Waals surface area contributed by atoms with Gasteiger partial charge in [-0.1, -0.05) is 0 Å². The molecule has 0 fully saturated rings. The number of alkyl halides is 5.